The highest BCUT2D eigenvalue weighted by Gasteiger charge is 2.28. The van der Waals surface area contributed by atoms with Gasteiger partial charge in [0, 0.05) is 34.7 Å². The van der Waals surface area contributed by atoms with Crippen molar-refractivity contribution in [2.75, 3.05) is 16.4 Å². The minimum atomic E-state index is -0.407. The SMILES string of the molecule is CC(C)(C)c1cc(NC(=O)Nc2ccc(-c3cn(C4CC4)c4ncnc(N)c34)c3ccoc23)n(-c2ccccc2)n1. The molecule has 0 atom stereocenters. The predicted octanol–water partition coefficient (Wildman–Crippen LogP) is 6.89. The summed E-state index contributed by atoms with van der Waals surface area (Å²) >= 11 is 0. The number of para-hydroxylation sites is 1. The summed E-state index contributed by atoms with van der Waals surface area (Å²) in [5.74, 6) is 1.00. The van der Waals surface area contributed by atoms with Crippen molar-refractivity contribution in [3.63, 3.8) is 0 Å². The molecule has 6 aromatic rings. The second-order valence-corrected chi connectivity index (χ2v) is 11.5. The Balaban J connectivity index is 1.23. The van der Waals surface area contributed by atoms with Gasteiger partial charge in [-0.3, -0.25) is 5.32 Å². The summed E-state index contributed by atoms with van der Waals surface area (Å²) in [6.45, 7) is 6.27. The Labute approximate surface area is 236 Å². The average Bonchev–Trinajstić information content (AvgIpc) is 3.32. The maximum Gasteiger partial charge on any atom is 0.324 e. The molecule has 7 rings (SSSR count). The lowest BCUT2D eigenvalue weighted by atomic mass is 9.92. The zero-order chi connectivity index (χ0) is 28.3. The number of fused-ring (bicyclic) bond motifs is 2. The summed E-state index contributed by atoms with van der Waals surface area (Å²) in [5, 5.41) is 12.4. The molecule has 1 fully saturated rings. The Kier molecular flexibility index (Phi) is 5.60. The van der Waals surface area contributed by atoms with Crippen LogP contribution in [0, 0.1) is 0 Å². The zero-order valence-electron chi connectivity index (χ0n) is 23.0. The number of nitrogens with two attached hydrogens (primary N) is 1. The number of amides is 2. The summed E-state index contributed by atoms with van der Waals surface area (Å²) in [5.41, 5.74) is 11.7. The van der Waals surface area contributed by atoms with Gasteiger partial charge in [0.05, 0.1) is 28.7 Å². The number of benzene rings is 2. The highest BCUT2D eigenvalue weighted by molar-refractivity contribution is 6.11. The van der Waals surface area contributed by atoms with Gasteiger partial charge in [-0.2, -0.15) is 5.10 Å². The summed E-state index contributed by atoms with van der Waals surface area (Å²) < 4.78 is 9.82. The normalized spacial score (nSPS) is 13.6. The summed E-state index contributed by atoms with van der Waals surface area (Å²) in [4.78, 5) is 22.1. The Bertz CT molecular complexity index is 1920. The molecule has 4 N–H and O–H groups in total. The first-order chi connectivity index (χ1) is 19.8. The first kappa shape index (κ1) is 24.9. The number of nitrogen functional groups attached to an aromatic ring is 1. The molecule has 1 aliphatic rings. The molecule has 2 aromatic carbocycles. The van der Waals surface area contributed by atoms with E-state index in [9.17, 15) is 4.79 Å². The fraction of sp³-hybridized carbons (Fsp3) is 0.226. The van der Waals surface area contributed by atoms with E-state index in [0.29, 0.717) is 28.9 Å². The number of urea groups is 1. The van der Waals surface area contributed by atoms with Crippen LogP contribution in [0.15, 0.2) is 77.8 Å². The van der Waals surface area contributed by atoms with Gasteiger partial charge in [0.15, 0.2) is 5.58 Å². The number of rotatable bonds is 5. The molecular formula is C31H30N8O2. The molecule has 0 radical (unpaired) electrons. The van der Waals surface area contributed by atoms with E-state index in [0.717, 1.165) is 51.8 Å². The first-order valence-electron chi connectivity index (χ1n) is 13.6. The van der Waals surface area contributed by atoms with Crippen LogP contribution in [0.2, 0.25) is 0 Å². The van der Waals surface area contributed by atoms with E-state index in [2.05, 4.69) is 52.1 Å². The van der Waals surface area contributed by atoms with Crippen LogP contribution in [0.3, 0.4) is 0 Å². The third-order valence-corrected chi connectivity index (χ3v) is 7.45. The Morgan fingerprint density at radius 2 is 1.83 bits per heavy atom. The van der Waals surface area contributed by atoms with Gasteiger partial charge in [0.1, 0.15) is 23.6 Å². The van der Waals surface area contributed by atoms with Crippen LogP contribution >= 0.6 is 0 Å². The number of nitrogens with zero attached hydrogens (tertiary/aromatic N) is 5. The number of anilines is 3. The predicted molar refractivity (Wildman–Crippen MR) is 160 cm³/mol. The van der Waals surface area contributed by atoms with E-state index in [-0.39, 0.29) is 5.41 Å². The van der Waals surface area contributed by atoms with E-state index in [1.54, 1.807) is 10.9 Å². The lowest BCUT2D eigenvalue weighted by molar-refractivity contribution is 0.262. The van der Waals surface area contributed by atoms with Gasteiger partial charge in [-0.1, -0.05) is 45.0 Å². The Hall–Kier alpha value is -5.12. The highest BCUT2D eigenvalue weighted by atomic mass is 16.3. The third kappa shape index (κ3) is 4.37. The van der Waals surface area contributed by atoms with Crippen molar-refractivity contribution in [2.24, 2.45) is 0 Å². The van der Waals surface area contributed by atoms with Gasteiger partial charge < -0.3 is 20.0 Å². The number of carbonyl (C=O) groups excluding carboxylic acids is 1. The van der Waals surface area contributed by atoms with E-state index < -0.39 is 6.03 Å². The monoisotopic (exact) mass is 546 g/mol. The highest BCUT2D eigenvalue weighted by Crippen LogP contribution is 2.44. The zero-order valence-corrected chi connectivity index (χ0v) is 23.0. The number of hydrogen-bond acceptors (Lipinski definition) is 6. The number of aromatic nitrogens is 5. The van der Waals surface area contributed by atoms with Crippen molar-refractivity contribution in [1.29, 1.82) is 0 Å². The maximum atomic E-state index is 13.3. The van der Waals surface area contributed by atoms with Crippen LogP contribution < -0.4 is 16.4 Å². The number of hydrogen-bond donors (Lipinski definition) is 3. The van der Waals surface area contributed by atoms with Gasteiger partial charge in [-0.15, -0.1) is 0 Å². The lowest BCUT2D eigenvalue weighted by Gasteiger charge is -2.14. The third-order valence-electron chi connectivity index (χ3n) is 7.45. The van der Waals surface area contributed by atoms with Crippen LogP contribution in [0.25, 0.3) is 38.8 Å². The average molecular weight is 547 g/mol. The van der Waals surface area contributed by atoms with Crippen molar-refractivity contribution >= 4 is 45.4 Å². The largest absolute Gasteiger partial charge is 0.462 e. The van der Waals surface area contributed by atoms with E-state index >= 15 is 0 Å². The van der Waals surface area contributed by atoms with Crippen molar-refractivity contribution in [3.8, 4) is 16.8 Å². The van der Waals surface area contributed by atoms with Crippen LogP contribution in [-0.2, 0) is 5.41 Å². The van der Waals surface area contributed by atoms with Crippen LogP contribution in [0.4, 0.5) is 22.1 Å². The fourth-order valence-corrected chi connectivity index (χ4v) is 5.21. The lowest BCUT2D eigenvalue weighted by Crippen LogP contribution is -2.21. The molecule has 41 heavy (non-hydrogen) atoms. The maximum absolute atomic E-state index is 13.3. The Morgan fingerprint density at radius 1 is 1.02 bits per heavy atom. The Morgan fingerprint density at radius 3 is 2.59 bits per heavy atom. The minimum absolute atomic E-state index is 0.194. The molecule has 4 aromatic heterocycles. The van der Waals surface area contributed by atoms with Gasteiger partial charge >= 0.3 is 6.03 Å². The number of furan rings is 1. The molecule has 0 spiro atoms. The second-order valence-electron chi connectivity index (χ2n) is 11.5. The van der Waals surface area contributed by atoms with Crippen molar-refractivity contribution < 1.29 is 9.21 Å². The second kappa shape index (κ2) is 9.22. The molecule has 10 heteroatoms. The number of nitrogens with one attached hydrogen (secondary N) is 2. The number of carbonyl (C=O) groups is 1. The molecule has 0 bridgehead atoms. The van der Waals surface area contributed by atoms with Crippen molar-refractivity contribution in [2.45, 2.75) is 45.1 Å². The first-order valence-corrected chi connectivity index (χ1v) is 13.6. The molecule has 10 nitrogen and oxygen atoms in total. The summed E-state index contributed by atoms with van der Waals surface area (Å²) in [6.07, 6.45) is 7.47. The molecular weight excluding hydrogens is 516 g/mol. The molecule has 1 saturated carbocycles. The van der Waals surface area contributed by atoms with Crippen LogP contribution in [0.5, 0.6) is 0 Å². The molecule has 0 unspecified atom stereocenters. The van der Waals surface area contributed by atoms with E-state index in [1.165, 1.54) is 6.33 Å². The van der Waals surface area contributed by atoms with Crippen molar-refractivity contribution in [3.05, 3.63) is 79.1 Å². The summed E-state index contributed by atoms with van der Waals surface area (Å²) in [6, 6.07) is 17.4. The molecule has 2 amide bonds. The van der Waals surface area contributed by atoms with Crippen LogP contribution in [-0.4, -0.2) is 30.3 Å². The molecule has 0 aliphatic heterocycles. The van der Waals surface area contributed by atoms with E-state index in [4.69, 9.17) is 15.2 Å². The van der Waals surface area contributed by atoms with E-state index in [1.807, 2.05) is 54.6 Å². The molecule has 0 saturated heterocycles. The van der Waals surface area contributed by atoms with Crippen LogP contribution in [0.1, 0.15) is 45.3 Å². The fourth-order valence-electron chi connectivity index (χ4n) is 5.21. The van der Waals surface area contributed by atoms with Gasteiger partial charge in [0.2, 0.25) is 0 Å². The van der Waals surface area contributed by atoms with Gasteiger partial charge in [-0.25, -0.2) is 19.4 Å². The molecule has 1 aliphatic carbocycles. The molecule has 4 heterocycles. The quantitative estimate of drug-likeness (QED) is 0.216. The van der Waals surface area contributed by atoms with Gasteiger partial charge in [-0.05, 0) is 42.7 Å². The molecule has 206 valence electrons. The topological polar surface area (TPSA) is 129 Å². The van der Waals surface area contributed by atoms with Gasteiger partial charge in [0.25, 0.3) is 0 Å². The van der Waals surface area contributed by atoms with Crippen molar-refractivity contribution in [1.82, 2.24) is 24.3 Å². The summed E-state index contributed by atoms with van der Waals surface area (Å²) in [7, 11) is 0. The smallest absolute Gasteiger partial charge is 0.324 e. The minimum Gasteiger partial charge on any atom is -0.462 e. The standard InChI is InChI=1S/C31H30N8O2/c1-31(2,3)24-15-25(39(37-24)19-7-5-4-6-8-19)36-30(40)35-23-12-11-20(21-13-14-41-27(21)23)22-16-38(18-9-10-18)29-26(22)28(32)33-17-34-29/h4-8,11-18H,9-10H2,1-3H3,(H2,32,33,34)(H2,35,36,40).